The minimum atomic E-state index is -4.38. The van der Waals surface area contributed by atoms with E-state index in [1.165, 1.54) is 0 Å². The van der Waals surface area contributed by atoms with Crippen molar-refractivity contribution >= 4 is 27.2 Å². The van der Waals surface area contributed by atoms with Gasteiger partial charge in [0.25, 0.3) is 0 Å². The summed E-state index contributed by atoms with van der Waals surface area (Å²) in [5, 5.41) is -0.301. The van der Waals surface area contributed by atoms with Crippen molar-refractivity contribution in [3.8, 4) is 0 Å². The van der Waals surface area contributed by atoms with Crippen molar-refractivity contribution in [3.05, 3.63) is 52.6 Å². The molecule has 0 spiro atoms. The summed E-state index contributed by atoms with van der Waals surface area (Å²) >= 11 is 5.88. The summed E-state index contributed by atoms with van der Waals surface area (Å²) in [6, 6.07) is 6.85. The lowest BCUT2D eigenvalue weighted by atomic mass is 10.2. The van der Waals surface area contributed by atoms with Crippen molar-refractivity contribution in [2.75, 3.05) is 5.75 Å². The number of hydrogen-bond acceptors (Lipinski definition) is 4. The number of hydrogen-bond donors (Lipinski definition) is 0. The Hall–Kier alpha value is -1.87. The van der Waals surface area contributed by atoms with Crippen LogP contribution in [0.2, 0.25) is 5.15 Å². The third kappa shape index (κ3) is 5.84. The highest BCUT2D eigenvalue weighted by Crippen LogP contribution is 2.23. The highest BCUT2D eigenvalue weighted by molar-refractivity contribution is 7.91. The zero-order valence-electron chi connectivity index (χ0n) is 13.8. The molecule has 0 radical (unpaired) electrons. The highest BCUT2D eigenvalue weighted by Gasteiger charge is 2.28. The number of alkyl halides is 3. The first-order chi connectivity index (χ1) is 12.0. The van der Waals surface area contributed by atoms with Crippen LogP contribution in [-0.4, -0.2) is 35.7 Å². The number of carbonyl (C=O) groups excluding carboxylic acids is 1. The van der Waals surface area contributed by atoms with E-state index >= 15 is 0 Å². The summed E-state index contributed by atoms with van der Waals surface area (Å²) in [7, 11) is -3.78. The smallest absolute Gasteiger partial charge is 0.321 e. The van der Waals surface area contributed by atoms with Gasteiger partial charge in [-0.05, 0) is 12.5 Å². The monoisotopic (exact) mass is 408 g/mol. The number of benzene rings is 1. The number of aryl methyl sites for hydroxylation is 2. The molecule has 0 unspecified atom stereocenters. The summed E-state index contributed by atoms with van der Waals surface area (Å²) in [5.74, 6) is -2.00. The first-order valence-corrected chi connectivity index (χ1v) is 9.73. The fraction of sp³-hybridized carbons (Fsp3) is 0.375. The Labute approximate surface area is 153 Å². The minimum absolute atomic E-state index is 0.301. The Morgan fingerprint density at radius 1 is 1.31 bits per heavy atom. The van der Waals surface area contributed by atoms with Crippen LogP contribution in [0.15, 0.2) is 30.6 Å². The Morgan fingerprint density at radius 3 is 2.62 bits per heavy atom. The molecule has 2 rings (SSSR count). The van der Waals surface area contributed by atoms with E-state index in [4.69, 9.17) is 11.6 Å². The van der Waals surface area contributed by atoms with Crippen LogP contribution in [0.4, 0.5) is 13.2 Å². The van der Waals surface area contributed by atoms with E-state index in [0.717, 1.165) is 16.5 Å². The molecule has 1 aromatic heterocycles. The number of nitrogens with zero attached hydrogens (tertiary/aromatic N) is 2. The SMILES string of the molecule is Cc1cccc(CS(=O)(=O)CC(=O)c2ncn(CCC(F)(F)F)c2Cl)c1. The summed E-state index contributed by atoms with van der Waals surface area (Å²) in [4.78, 5) is 15.9. The number of sulfone groups is 1. The van der Waals surface area contributed by atoms with Crippen LogP contribution in [0.25, 0.3) is 0 Å². The lowest BCUT2D eigenvalue weighted by Gasteiger charge is -2.07. The van der Waals surface area contributed by atoms with Gasteiger partial charge in [0.1, 0.15) is 16.6 Å². The first kappa shape index (κ1) is 20.4. The van der Waals surface area contributed by atoms with E-state index in [2.05, 4.69) is 4.98 Å². The van der Waals surface area contributed by atoms with Gasteiger partial charge in [-0.25, -0.2) is 13.4 Å². The number of rotatable bonds is 7. The van der Waals surface area contributed by atoms with Gasteiger partial charge in [0.15, 0.2) is 15.6 Å². The van der Waals surface area contributed by atoms with Crippen LogP contribution in [0.1, 0.15) is 28.0 Å². The molecule has 0 bridgehead atoms. The standard InChI is InChI=1S/C16H16ClF3N2O3S/c1-11-3-2-4-12(7-11)8-26(24,25)9-13(23)14-15(17)22(10-21-14)6-5-16(18,19)20/h2-4,7,10H,5-6,8-9H2,1H3. The van der Waals surface area contributed by atoms with Gasteiger partial charge >= 0.3 is 6.18 Å². The average molecular weight is 409 g/mol. The molecule has 1 aromatic carbocycles. The molecule has 0 N–H and O–H groups in total. The molecule has 2 aromatic rings. The van der Waals surface area contributed by atoms with Crippen molar-refractivity contribution < 1.29 is 26.4 Å². The minimum Gasteiger partial charge on any atom is -0.321 e. The van der Waals surface area contributed by atoms with Crippen LogP contribution in [-0.2, 0) is 22.1 Å². The van der Waals surface area contributed by atoms with E-state index in [9.17, 15) is 26.4 Å². The second-order valence-corrected chi connectivity index (χ2v) is 8.31. The van der Waals surface area contributed by atoms with Gasteiger partial charge in [0.05, 0.1) is 18.5 Å². The fourth-order valence-corrected chi connectivity index (χ4v) is 3.94. The second kappa shape index (κ2) is 7.79. The third-order valence-corrected chi connectivity index (χ3v) is 5.37. The molecule has 0 atom stereocenters. The van der Waals surface area contributed by atoms with Gasteiger partial charge in [-0.1, -0.05) is 41.4 Å². The number of imidazole rings is 1. The topological polar surface area (TPSA) is 69.0 Å². The van der Waals surface area contributed by atoms with Crippen LogP contribution in [0, 0.1) is 6.92 Å². The summed E-state index contributed by atoms with van der Waals surface area (Å²) in [6.45, 7) is 1.31. The van der Waals surface area contributed by atoms with Gasteiger partial charge < -0.3 is 4.57 Å². The maximum absolute atomic E-state index is 12.3. The molecule has 0 aliphatic carbocycles. The number of halogens is 4. The van der Waals surface area contributed by atoms with Gasteiger partial charge in [-0.2, -0.15) is 13.2 Å². The van der Waals surface area contributed by atoms with Crippen molar-refractivity contribution in [1.29, 1.82) is 0 Å². The van der Waals surface area contributed by atoms with Crippen LogP contribution in [0.5, 0.6) is 0 Å². The fourth-order valence-electron chi connectivity index (χ4n) is 2.33. The lowest BCUT2D eigenvalue weighted by Crippen LogP contribution is -2.19. The molecule has 0 amide bonds. The van der Waals surface area contributed by atoms with Crippen LogP contribution >= 0.6 is 11.6 Å². The molecule has 0 fully saturated rings. The molecule has 5 nitrogen and oxygen atoms in total. The molecular weight excluding hydrogens is 393 g/mol. The Morgan fingerprint density at radius 2 is 2.00 bits per heavy atom. The molecular formula is C16H16ClF3N2O3S. The maximum atomic E-state index is 12.3. The van der Waals surface area contributed by atoms with Gasteiger partial charge in [-0.15, -0.1) is 0 Å². The van der Waals surface area contributed by atoms with Gasteiger partial charge in [-0.3, -0.25) is 4.79 Å². The number of ketones is 1. The van der Waals surface area contributed by atoms with Gasteiger partial charge in [0, 0.05) is 6.54 Å². The largest absolute Gasteiger partial charge is 0.390 e. The lowest BCUT2D eigenvalue weighted by molar-refractivity contribution is -0.136. The van der Waals surface area contributed by atoms with E-state index in [0.29, 0.717) is 5.56 Å². The van der Waals surface area contributed by atoms with E-state index in [1.807, 2.05) is 13.0 Å². The Kier molecular flexibility index (Phi) is 6.13. The van der Waals surface area contributed by atoms with E-state index in [1.54, 1.807) is 18.2 Å². The van der Waals surface area contributed by atoms with Gasteiger partial charge in [0.2, 0.25) is 0 Å². The summed E-state index contributed by atoms with van der Waals surface area (Å²) < 4.78 is 62.2. The summed E-state index contributed by atoms with van der Waals surface area (Å²) in [6.07, 6.45) is -4.52. The zero-order valence-corrected chi connectivity index (χ0v) is 15.3. The Balaban J connectivity index is 2.08. The highest BCUT2D eigenvalue weighted by atomic mass is 35.5. The van der Waals surface area contributed by atoms with Crippen LogP contribution < -0.4 is 0 Å². The zero-order chi connectivity index (χ0) is 19.5. The molecule has 0 saturated heterocycles. The molecule has 0 aliphatic heterocycles. The van der Waals surface area contributed by atoms with Crippen LogP contribution in [0.3, 0.4) is 0 Å². The number of aromatic nitrogens is 2. The molecule has 0 saturated carbocycles. The maximum Gasteiger partial charge on any atom is 0.390 e. The number of carbonyl (C=O) groups is 1. The predicted molar refractivity (Wildman–Crippen MR) is 90.9 cm³/mol. The van der Waals surface area contributed by atoms with E-state index in [-0.39, 0.29) is 16.6 Å². The summed E-state index contributed by atoms with van der Waals surface area (Å²) in [5.41, 5.74) is 1.08. The molecule has 1 heterocycles. The van der Waals surface area contributed by atoms with Crippen molar-refractivity contribution in [1.82, 2.24) is 9.55 Å². The number of Topliss-reactive ketones (excluding diaryl/α,β-unsaturated/α-hetero) is 1. The van der Waals surface area contributed by atoms with Crippen molar-refractivity contribution in [2.24, 2.45) is 0 Å². The quantitative estimate of drug-likeness (QED) is 0.656. The predicted octanol–water partition coefficient (Wildman–Crippen LogP) is 3.60. The normalized spacial score (nSPS) is 12.3. The van der Waals surface area contributed by atoms with Crippen molar-refractivity contribution in [2.45, 2.75) is 31.8 Å². The molecule has 142 valence electrons. The molecule has 10 heteroatoms. The van der Waals surface area contributed by atoms with Crippen molar-refractivity contribution in [3.63, 3.8) is 0 Å². The van der Waals surface area contributed by atoms with E-state index < -0.39 is 40.5 Å². The Bertz CT molecular complexity index is 908. The average Bonchev–Trinajstić information content (AvgIpc) is 2.84. The first-order valence-electron chi connectivity index (χ1n) is 7.53. The third-order valence-electron chi connectivity index (χ3n) is 3.49. The second-order valence-electron chi connectivity index (χ2n) is 5.89. The molecule has 26 heavy (non-hydrogen) atoms. The molecule has 0 aliphatic rings.